The van der Waals surface area contributed by atoms with E-state index in [9.17, 15) is 14.7 Å². The zero-order valence-electron chi connectivity index (χ0n) is 17.2. The summed E-state index contributed by atoms with van der Waals surface area (Å²) in [4.78, 5) is 27.9. The smallest absolute Gasteiger partial charge is 0.295 e. The van der Waals surface area contributed by atoms with Gasteiger partial charge in [-0.2, -0.15) is 0 Å². The highest BCUT2D eigenvalue weighted by Crippen LogP contribution is 2.43. The topological polar surface area (TPSA) is 66.8 Å². The normalized spacial score (nSPS) is 21.8. The Balaban J connectivity index is 1.82. The molecule has 4 rings (SSSR count). The second-order valence-corrected chi connectivity index (χ2v) is 7.87. The molecule has 30 heavy (non-hydrogen) atoms. The van der Waals surface area contributed by atoms with Crippen LogP contribution in [-0.2, 0) is 9.59 Å². The molecule has 2 fully saturated rings. The molecule has 1 atom stereocenters. The lowest BCUT2D eigenvalue weighted by Crippen LogP contribution is -2.40. The van der Waals surface area contributed by atoms with Gasteiger partial charge in [0.2, 0.25) is 0 Å². The van der Waals surface area contributed by atoms with E-state index in [1.165, 1.54) is 0 Å². The van der Waals surface area contributed by atoms with Crippen molar-refractivity contribution >= 4 is 17.4 Å². The summed E-state index contributed by atoms with van der Waals surface area (Å²) in [7, 11) is 0. The number of carbonyl (C=O) groups excluding carboxylic acids is 2. The Labute approximate surface area is 177 Å². The Kier molecular flexibility index (Phi) is 5.88. The van der Waals surface area contributed by atoms with E-state index in [2.05, 4.69) is 0 Å². The number of nitrogens with zero attached hydrogens (tertiary/aromatic N) is 1. The summed E-state index contributed by atoms with van der Waals surface area (Å²) in [5, 5.41) is 11.1. The molecule has 0 radical (unpaired) electrons. The standard InChI is InChI=1S/C25H27NO4/c1-2-30-20-15-13-17(14-16-20)22-21(23(27)18-9-5-3-6-10-18)24(28)25(29)26(22)19-11-7-4-8-12-19/h3,5-6,9-10,13-16,19,22,27H,2,4,7-8,11-12H2,1H3/b23-21-. The zero-order valence-corrected chi connectivity index (χ0v) is 17.2. The van der Waals surface area contributed by atoms with Gasteiger partial charge in [-0.25, -0.2) is 0 Å². The first-order valence-corrected chi connectivity index (χ1v) is 10.7. The predicted octanol–water partition coefficient (Wildman–Crippen LogP) is 4.84. The molecule has 2 aliphatic rings. The molecule has 2 aromatic carbocycles. The van der Waals surface area contributed by atoms with E-state index in [0.717, 1.165) is 43.4 Å². The number of benzene rings is 2. The molecule has 156 valence electrons. The highest BCUT2D eigenvalue weighted by molar-refractivity contribution is 6.46. The number of amides is 1. The number of Topliss-reactive ketones (excluding diaryl/α,β-unsaturated/α-hetero) is 1. The maximum Gasteiger partial charge on any atom is 0.295 e. The quantitative estimate of drug-likeness (QED) is 0.439. The monoisotopic (exact) mass is 405 g/mol. The number of hydrogen-bond donors (Lipinski definition) is 1. The number of carbonyl (C=O) groups is 2. The maximum atomic E-state index is 13.1. The van der Waals surface area contributed by atoms with Crippen LogP contribution in [-0.4, -0.2) is 34.3 Å². The second kappa shape index (κ2) is 8.74. The second-order valence-electron chi connectivity index (χ2n) is 7.87. The van der Waals surface area contributed by atoms with Gasteiger partial charge in [0, 0.05) is 11.6 Å². The van der Waals surface area contributed by atoms with E-state index in [1.54, 1.807) is 29.2 Å². The molecule has 1 saturated carbocycles. The summed E-state index contributed by atoms with van der Waals surface area (Å²) in [5.74, 6) is -0.510. The van der Waals surface area contributed by atoms with Crippen molar-refractivity contribution in [2.45, 2.75) is 51.1 Å². The van der Waals surface area contributed by atoms with E-state index >= 15 is 0 Å². The molecule has 2 aromatic rings. The van der Waals surface area contributed by atoms with Gasteiger partial charge in [-0.05, 0) is 37.5 Å². The van der Waals surface area contributed by atoms with Gasteiger partial charge < -0.3 is 14.7 Å². The zero-order chi connectivity index (χ0) is 21.1. The minimum atomic E-state index is -0.610. The summed E-state index contributed by atoms with van der Waals surface area (Å²) >= 11 is 0. The van der Waals surface area contributed by atoms with Gasteiger partial charge in [-0.1, -0.05) is 61.7 Å². The molecular formula is C25H27NO4. The molecule has 0 aromatic heterocycles. The van der Waals surface area contributed by atoms with Crippen molar-refractivity contribution in [1.82, 2.24) is 4.90 Å². The van der Waals surface area contributed by atoms with Crippen LogP contribution in [0.3, 0.4) is 0 Å². The van der Waals surface area contributed by atoms with Crippen molar-refractivity contribution in [1.29, 1.82) is 0 Å². The highest BCUT2D eigenvalue weighted by Gasteiger charge is 2.48. The molecule has 1 N–H and O–H groups in total. The first-order chi connectivity index (χ1) is 14.6. The van der Waals surface area contributed by atoms with Crippen LogP contribution >= 0.6 is 0 Å². The first-order valence-electron chi connectivity index (χ1n) is 10.7. The number of rotatable bonds is 5. The minimum absolute atomic E-state index is 0.00726. The van der Waals surface area contributed by atoms with Crippen LogP contribution in [0.15, 0.2) is 60.2 Å². The maximum absolute atomic E-state index is 13.1. The molecule has 0 bridgehead atoms. The summed E-state index contributed by atoms with van der Waals surface area (Å²) in [6, 6.07) is 15.8. The van der Waals surface area contributed by atoms with Crippen molar-refractivity contribution < 1.29 is 19.4 Å². The molecule has 1 aliphatic carbocycles. The van der Waals surface area contributed by atoms with E-state index in [4.69, 9.17) is 4.74 Å². The fourth-order valence-corrected chi connectivity index (χ4v) is 4.58. The van der Waals surface area contributed by atoms with Crippen molar-refractivity contribution in [2.75, 3.05) is 6.61 Å². The van der Waals surface area contributed by atoms with Crippen LogP contribution in [0.1, 0.15) is 56.2 Å². The Hall–Kier alpha value is -3.08. The Morgan fingerprint density at radius 2 is 1.67 bits per heavy atom. The van der Waals surface area contributed by atoms with Gasteiger partial charge in [-0.3, -0.25) is 9.59 Å². The van der Waals surface area contributed by atoms with E-state index < -0.39 is 17.7 Å². The predicted molar refractivity (Wildman–Crippen MR) is 115 cm³/mol. The van der Waals surface area contributed by atoms with Gasteiger partial charge in [0.15, 0.2) is 0 Å². The number of hydrogen-bond acceptors (Lipinski definition) is 4. The van der Waals surface area contributed by atoms with Gasteiger partial charge in [0.1, 0.15) is 11.5 Å². The summed E-state index contributed by atoms with van der Waals surface area (Å²) in [6.45, 7) is 2.49. The van der Waals surface area contributed by atoms with Crippen LogP contribution in [0, 0.1) is 0 Å². The first kappa shape index (κ1) is 20.2. The van der Waals surface area contributed by atoms with Crippen molar-refractivity contribution in [3.63, 3.8) is 0 Å². The lowest BCUT2D eigenvalue weighted by Gasteiger charge is -2.35. The average Bonchev–Trinajstić information content (AvgIpc) is 3.06. The van der Waals surface area contributed by atoms with Crippen LogP contribution in [0.5, 0.6) is 5.75 Å². The van der Waals surface area contributed by atoms with Crippen LogP contribution in [0.4, 0.5) is 0 Å². The summed E-state index contributed by atoms with van der Waals surface area (Å²) < 4.78 is 5.54. The van der Waals surface area contributed by atoms with Crippen molar-refractivity contribution in [3.8, 4) is 5.75 Å². The molecule has 1 saturated heterocycles. The molecule has 5 nitrogen and oxygen atoms in total. The molecule has 1 aliphatic heterocycles. The largest absolute Gasteiger partial charge is 0.507 e. The van der Waals surface area contributed by atoms with Crippen molar-refractivity contribution in [2.24, 2.45) is 0 Å². The van der Waals surface area contributed by atoms with Crippen LogP contribution < -0.4 is 4.74 Å². The van der Waals surface area contributed by atoms with Crippen LogP contribution in [0.2, 0.25) is 0 Å². The Morgan fingerprint density at radius 1 is 1.00 bits per heavy atom. The number of aliphatic hydroxyl groups is 1. The van der Waals surface area contributed by atoms with Crippen molar-refractivity contribution in [3.05, 3.63) is 71.3 Å². The Bertz CT molecular complexity index is 943. The number of ketones is 1. The molecule has 1 heterocycles. The third kappa shape index (κ3) is 3.72. The fraction of sp³-hybridized carbons (Fsp3) is 0.360. The molecule has 1 amide bonds. The van der Waals surface area contributed by atoms with Gasteiger partial charge >= 0.3 is 0 Å². The molecule has 0 spiro atoms. The Morgan fingerprint density at radius 3 is 2.30 bits per heavy atom. The van der Waals surface area contributed by atoms with Crippen LogP contribution in [0.25, 0.3) is 5.76 Å². The molecule has 1 unspecified atom stereocenters. The minimum Gasteiger partial charge on any atom is -0.507 e. The number of aliphatic hydroxyl groups excluding tert-OH is 1. The highest BCUT2D eigenvalue weighted by atomic mass is 16.5. The van der Waals surface area contributed by atoms with E-state index in [0.29, 0.717) is 12.2 Å². The lowest BCUT2D eigenvalue weighted by molar-refractivity contribution is -0.141. The molecular weight excluding hydrogens is 378 g/mol. The van der Waals surface area contributed by atoms with Gasteiger partial charge in [0.05, 0.1) is 18.2 Å². The van der Waals surface area contributed by atoms with E-state index in [-0.39, 0.29) is 17.4 Å². The average molecular weight is 405 g/mol. The third-order valence-corrected chi connectivity index (χ3v) is 6.00. The molecule has 5 heteroatoms. The number of ether oxygens (including phenoxy) is 1. The SMILES string of the molecule is CCOc1ccc(C2/C(=C(/O)c3ccccc3)C(=O)C(=O)N2C2CCCCC2)cc1. The fourth-order valence-electron chi connectivity index (χ4n) is 4.58. The van der Waals surface area contributed by atoms with Gasteiger partial charge in [0.25, 0.3) is 11.7 Å². The summed E-state index contributed by atoms with van der Waals surface area (Å²) in [6.07, 6.45) is 5.00. The van der Waals surface area contributed by atoms with Gasteiger partial charge in [-0.15, -0.1) is 0 Å². The summed E-state index contributed by atoms with van der Waals surface area (Å²) in [5.41, 5.74) is 1.51. The third-order valence-electron chi connectivity index (χ3n) is 6.00. The number of likely N-dealkylation sites (tertiary alicyclic amines) is 1. The van der Waals surface area contributed by atoms with E-state index in [1.807, 2.05) is 37.3 Å². The lowest BCUT2D eigenvalue weighted by atomic mass is 9.91.